The van der Waals surface area contributed by atoms with Gasteiger partial charge in [0.05, 0.1) is 13.7 Å². The number of fused-ring (bicyclic) bond motifs is 1. The molecule has 0 radical (unpaired) electrons. The van der Waals surface area contributed by atoms with Gasteiger partial charge in [0.1, 0.15) is 17.2 Å². The standard InChI is InChI=1S/C23H22FN3O2/c1-28-22-17(5-4-6-20(22)24)19-13-26-23-18(19)11-15(12-25-23)21-8-7-16(29-21)14-27-9-2-3-10-27/h4-8,11-13H,2-3,9-10,14H2,1H3,(H,25,26). The van der Waals surface area contributed by atoms with E-state index in [4.69, 9.17) is 9.15 Å². The lowest BCUT2D eigenvalue weighted by atomic mass is 10.0. The summed E-state index contributed by atoms with van der Waals surface area (Å²) in [7, 11) is 1.48. The number of para-hydroxylation sites is 1. The van der Waals surface area contributed by atoms with Crippen LogP contribution in [0.25, 0.3) is 33.5 Å². The summed E-state index contributed by atoms with van der Waals surface area (Å²) in [4.78, 5) is 10.1. The maximum absolute atomic E-state index is 14.2. The second kappa shape index (κ2) is 7.37. The van der Waals surface area contributed by atoms with Gasteiger partial charge in [-0.2, -0.15) is 0 Å². The fourth-order valence-corrected chi connectivity index (χ4v) is 4.07. The number of halogens is 1. The maximum Gasteiger partial charge on any atom is 0.165 e. The van der Waals surface area contributed by atoms with E-state index in [0.29, 0.717) is 5.56 Å². The number of nitrogens with one attached hydrogen (secondary N) is 1. The van der Waals surface area contributed by atoms with Crippen LogP contribution in [0.15, 0.2) is 53.2 Å². The molecule has 29 heavy (non-hydrogen) atoms. The summed E-state index contributed by atoms with van der Waals surface area (Å²) in [6.45, 7) is 3.10. The van der Waals surface area contributed by atoms with Gasteiger partial charge < -0.3 is 14.1 Å². The molecule has 0 unspecified atom stereocenters. The Labute approximate surface area is 168 Å². The first-order valence-electron chi connectivity index (χ1n) is 9.84. The molecule has 0 spiro atoms. The lowest BCUT2D eigenvalue weighted by molar-refractivity contribution is 0.299. The Morgan fingerprint density at radius 1 is 1.17 bits per heavy atom. The number of H-pyrrole nitrogens is 1. The predicted molar refractivity (Wildman–Crippen MR) is 110 cm³/mol. The van der Waals surface area contributed by atoms with E-state index in [0.717, 1.165) is 53.3 Å². The molecule has 1 aliphatic rings. The second-order valence-corrected chi connectivity index (χ2v) is 7.39. The van der Waals surface area contributed by atoms with E-state index >= 15 is 0 Å². The minimum Gasteiger partial charge on any atom is -0.493 e. The van der Waals surface area contributed by atoms with E-state index in [-0.39, 0.29) is 11.6 Å². The third-order valence-electron chi connectivity index (χ3n) is 5.52. The average Bonchev–Trinajstić information content (AvgIpc) is 3.48. The summed E-state index contributed by atoms with van der Waals surface area (Å²) in [5.41, 5.74) is 3.15. The van der Waals surface area contributed by atoms with Gasteiger partial charge in [-0.05, 0) is 50.2 Å². The lowest BCUT2D eigenvalue weighted by Gasteiger charge is -2.11. The number of ether oxygens (including phenoxy) is 1. The number of likely N-dealkylation sites (tertiary alicyclic amines) is 1. The van der Waals surface area contributed by atoms with Crippen molar-refractivity contribution >= 4 is 11.0 Å². The fraction of sp³-hybridized carbons (Fsp3) is 0.261. The third-order valence-corrected chi connectivity index (χ3v) is 5.52. The highest BCUT2D eigenvalue weighted by molar-refractivity contribution is 5.97. The number of benzene rings is 1. The van der Waals surface area contributed by atoms with Crippen molar-refractivity contribution in [1.82, 2.24) is 14.9 Å². The molecule has 1 aliphatic heterocycles. The summed E-state index contributed by atoms with van der Waals surface area (Å²) >= 11 is 0. The van der Waals surface area contributed by atoms with Crippen LogP contribution in [-0.2, 0) is 6.54 Å². The molecule has 3 aromatic heterocycles. The molecule has 4 heterocycles. The van der Waals surface area contributed by atoms with Gasteiger partial charge in [-0.1, -0.05) is 12.1 Å². The molecule has 1 saturated heterocycles. The van der Waals surface area contributed by atoms with Gasteiger partial charge in [0.15, 0.2) is 11.6 Å². The van der Waals surface area contributed by atoms with Crippen molar-refractivity contribution in [3.63, 3.8) is 0 Å². The number of hydrogen-bond donors (Lipinski definition) is 1. The van der Waals surface area contributed by atoms with Crippen LogP contribution in [0.1, 0.15) is 18.6 Å². The Hall–Kier alpha value is -3.12. The minimum absolute atomic E-state index is 0.227. The average molecular weight is 391 g/mol. The molecular weight excluding hydrogens is 369 g/mol. The van der Waals surface area contributed by atoms with Crippen LogP contribution in [0.3, 0.4) is 0 Å². The second-order valence-electron chi connectivity index (χ2n) is 7.39. The van der Waals surface area contributed by atoms with Gasteiger partial charge in [0.25, 0.3) is 0 Å². The summed E-state index contributed by atoms with van der Waals surface area (Å²) in [5, 5.41) is 0.892. The predicted octanol–water partition coefficient (Wildman–Crippen LogP) is 5.23. The van der Waals surface area contributed by atoms with E-state index in [1.54, 1.807) is 12.3 Å². The van der Waals surface area contributed by atoms with Crippen molar-refractivity contribution in [2.24, 2.45) is 0 Å². The SMILES string of the molecule is COc1c(F)cccc1-c1c[nH]c2ncc(-c3ccc(CN4CCCC4)o3)cc12. The van der Waals surface area contributed by atoms with Crippen LogP contribution in [-0.4, -0.2) is 35.1 Å². The van der Waals surface area contributed by atoms with E-state index in [2.05, 4.69) is 14.9 Å². The normalized spacial score (nSPS) is 14.7. The van der Waals surface area contributed by atoms with E-state index in [1.165, 1.54) is 26.0 Å². The largest absolute Gasteiger partial charge is 0.493 e. The van der Waals surface area contributed by atoms with Crippen molar-refractivity contribution in [1.29, 1.82) is 0 Å². The summed E-state index contributed by atoms with van der Waals surface area (Å²) in [6.07, 6.45) is 6.14. The van der Waals surface area contributed by atoms with Crippen LogP contribution >= 0.6 is 0 Å². The number of nitrogens with zero attached hydrogens (tertiary/aromatic N) is 2. The first kappa shape index (κ1) is 17.9. The van der Waals surface area contributed by atoms with Crippen LogP contribution in [0.5, 0.6) is 5.75 Å². The Morgan fingerprint density at radius 3 is 2.86 bits per heavy atom. The van der Waals surface area contributed by atoms with Crippen molar-refractivity contribution in [2.75, 3.05) is 20.2 Å². The van der Waals surface area contributed by atoms with Crippen LogP contribution in [0.4, 0.5) is 4.39 Å². The van der Waals surface area contributed by atoms with Crippen molar-refractivity contribution in [2.45, 2.75) is 19.4 Å². The van der Waals surface area contributed by atoms with Crippen molar-refractivity contribution in [3.05, 3.63) is 60.4 Å². The van der Waals surface area contributed by atoms with Gasteiger partial charge in [-0.3, -0.25) is 4.90 Å². The van der Waals surface area contributed by atoms with Gasteiger partial charge in [-0.25, -0.2) is 9.37 Å². The maximum atomic E-state index is 14.2. The Kier molecular flexibility index (Phi) is 4.56. The molecular formula is C23H22FN3O2. The molecule has 1 N–H and O–H groups in total. The van der Waals surface area contributed by atoms with Gasteiger partial charge in [0.2, 0.25) is 0 Å². The molecule has 0 amide bonds. The Morgan fingerprint density at radius 2 is 2.03 bits per heavy atom. The number of rotatable bonds is 5. The number of methoxy groups -OCH3 is 1. The number of aromatic nitrogens is 2. The summed E-state index contributed by atoms with van der Waals surface area (Å²) < 4.78 is 25.6. The Bertz CT molecular complexity index is 1160. The van der Waals surface area contributed by atoms with E-state index < -0.39 is 0 Å². The van der Waals surface area contributed by atoms with E-state index in [9.17, 15) is 4.39 Å². The zero-order valence-electron chi connectivity index (χ0n) is 16.2. The number of pyridine rings is 1. The van der Waals surface area contributed by atoms with Gasteiger partial charge in [-0.15, -0.1) is 0 Å². The zero-order chi connectivity index (χ0) is 19.8. The number of furan rings is 1. The van der Waals surface area contributed by atoms with Crippen LogP contribution in [0, 0.1) is 5.82 Å². The lowest BCUT2D eigenvalue weighted by Crippen LogP contribution is -2.17. The quantitative estimate of drug-likeness (QED) is 0.506. The molecule has 1 aromatic carbocycles. The molecule has 1 fully saturated rings. The van der Waals surface area contributed by atoms with Crippen molar-refractivity contribution in [3.8, 4) is 28.2 Å². The number of hydrogen-bond acceptors (Lipinski definition) is 4. The van der Waals surface area contributed by atoms with Crippen LogP contribution in [0.2, 0.25) is 0 Å². The summed E-state index contributed by atoms with van der Waals surface area (Å²) in [5.74, 6) is 1.58. The molecule has 148 valence electrons. The highest BCUT2D eigenvalue weighted by Crippen LogP contribution is 2.37. The highest BCUT2D eigenvalue weighted by atomic mass is 19.1. The first-order chi connectivity index (χ1) is 14.2. The number of aromatic amines is 1. The van der Waals surface area contributed by atoms with Gasteiger partial charge in [0, 0.05) is 34.5 Å². The Balaban J connectivity index is 1.52. The highest BCUT2D eigenvalue weighted by Gasteiger charge is 2.17. The minimum atomic E-state index is -0.388. The zero-order valence-corrected chi connectivity index (χ0v) is 16.2. The molecule has 0 atom stereocenters. The first-order valence-corrected chi connectivity index (χ1v) is 9.84. The molecule has 0 aliphatic carbocycles. The smallest absolute Gasteiger partial charge is 0.165 e. The van der Waals surface area contributed by atoms with Crippen molar-refractivity contribution < 1.29 is 13.5 Å². The van der Waals surface area contributed by atoms with E-state index in [1.807, 2.05) is 30.5 Å². The molecule has 6 heteroatoms. The molecule has 0 saturated carbocycles. The topological polar surface area (TPSA) is 54.3 Å². The molecule has 0 bridgehead atoms. The monoisotopic (exact) mass is 391 g/mol. The van der Waals surface area contributed by atoms with Crippen LogP contribution < -0.4 is 4.74 Å². The molecule has 5 rings (SSSR count). The molecule has 5 nitrogen and oxygen atoms in total. The summed E-state index contributed by atoms with van der Waals surface area (Å²) in [6, 6.07) is 11.0. The third kappa shape index (κ3) is 3.29. The molecule has 4 aromatic rings. The van der Waals surface area contributed by atoms with Gasteiger partial charge >= 0.3 is 0 Å². The fourth-order valence-electron chi connectivity index (χ4n) is 4.07.